The minimum Gasteiger partial charge on any atom is -0.349 e. The Morgan fingerprint density at radius 2 is 2.22 bits per heavy atom. The molecule has 3 aliphatic carbocycles. The van der Waals surface area contributed by atoms with E-state index < -0.39 is 0 Å². The first-order valence-electron chi connectivity index (χ1n) is 9.31. The first-order chi connectivity index (χ1) is 12.9. The van der Waals surface area contributed by atoms with Crippen LogP contribution in [0, 0.1) is 24.2 Å². The maximum Gasteiger partial charge on any atom is 0.298 e. The number of allylic oxidation sites excluding steroid dienone is 2. The lowest BCUT2D eigenvalue weighted by Gasteiger charge is -2.55. The Morgan fingerprint density at radius 3 is 2.96 bits per heavy atom. The van der Waals surface area contributed by atoms with Crippen LogP contribution < -0.4 is 5.56 Å². The first-order valence-corrected chi connectivity index (χ1v) is 10.1. The van der Waals surface area contributed by atoms with E-state index in [1.54, 1.807) is 0 Å². The van der Waals surface area contributed by atoms with Gasteiger partial charge in [0, 0.05) is 15.4 Å². The molecule has 2 bridgehead atoms. The van der Waals surface area contributed by atoms with Crippen molar-refractivity contribution >= 4 is 44.1 Å². The smallest absolute Gasteiger partial charge is 0.298 e. The molecule has 138 valence electrons. The van der Waals surface area contributed by atoms with Crippen LogP contribution in [0.4, 0.5) is 0 Å². The van der Waals surface area contributed by atoms with Crippen molar-refractivity contribution in [3.8, 4) is 0 Å². The fraction of sp³-hybridized carbons (Fsp3) is 0.381. The van der Waals surface area contributed by atoms with E-state index in [1.165, 1.54) is 16.7 Å². The number of fused-ring (bicyclic) bond motifs is 4. The number of nitrogens with one attached hydrogen (secondary N) is 1. The zero-order valence-electron chi connectivity index (χ0n) is 15.6. The van der Waals surface area contributed by atoms with E-state index in [4.69, 9.17) is 0 Å². The number of aromatic nitrogens is 3. The Kier molecular flexibility index (Phi) is 3.54. The molecule has 6 rings (SSSR count). The highest BCUT2D eigenvalue weighted by Gasteiger charge is 2.50. The maximum atomic E-state index is 13.0. The van der Waals surface area contributed by atoms with E-state index in [0.717, 1.165) is 27.7 Å². The monoisotopic (exact) mass is 424 g/mol. The van der Waals surface area contributed by atoms with Crippen molar-refractivity contribution in [3.05, 3.63) is 50.5 Å². The Hall–Kier alpha value is -2.21. The third-order valence-electron chi connectivity index (χ3n) is 6.55. The summed E-state index contributed by atoms with van der Waals surface area (Å²) in [6, 6.07) is 5.88. The van der Waals surface area contributed by atoms with Crippen LogP contribution in [-0.4, -0.2) is 20.9 Å². The predicted octanol–water partition coefficient (Wildman–Crippen LogP) is 4.78. The normalized spacial score (nSPS) is 23.8. The van der Waals surface area contributed by atoms with E-state index in [0.29, 0.717) is 28.2 Å². The molecule has 5 nitrogen and oxygen atoms in total. The molecule has 0 amide bonds. The van der Waals surface area contributed by atoms with Gasteiger partial charge in [-0.25, -0.2) is 4.98 Å². The molecule has 2 aromatic heterocycles. The summed E-state index contributed by atoms with van der Waals surface area (Å²) in [4.78, 5) is 20.9. The highest BCUT2D eigenvalue weighted by molar-refractivity contribution is 9.10. The molecule has 0 radical (unpaired) electrons. The fourth-order valence-corrected chi connectivity index (χ4v) is 5.05. The number of aryl methyl sites for hydroxylation is 1. The second-order valence-corrected chi connectivity index (χ2v) is 9.22. The second kappa shape index (κ2) is 5.64. The van der Waals surface area contributed by atoms with Gasteiger partial charge in [0.25, 0.3) is 5.56 Å². The average Bonchev–Trinajstić information content (AvgIpc) is 2.99. The van der Waals surface area contributed by atoms with E-state index in [9.17, 15) is 4.79 Å². The lowest BCUT2D eigenvalue weighted by atomic mass is 9.49. The molecule has 27 heavy (non-hydrogen) atoms. The Balaban J connectivity index is 1.61. The SMILES string of the molecule is Cc1nc2c([nH]c3ccc(Br)cc32)c(=O)n1/N=C\C1=CC[C@@H]2C[C@H]1C2(C)C. The molecule has 1 aromatic carbocycles. The van der Waals surface area contributed by atoms with Crippen molar-refractivity contribution in [2.24, 2.45) is 22.4 Å². The van der Waals surface area contributed by atoms with Crippen LogP contribution >= 0.6 is 15.9 Å². The van der Waals surface area contributed by atoms with Gasteiger partial charge in [-0.2, -0.15) is 9.78 Å². The van der Waals surface area contributed by atoms with E-state index in [-0.39, 0.29) is 5.56 Å². The van der Waals surface area contributed by atoms with Crippen molar-refractivity contribution in [1.29, 1.82) is 0 Å². The summed E-state index contributed by atoms with van der Waals surface area (Å²) >= 11 is 3.49. The van der Waals surface area contributed by atoms with Gasteiger partial charge in [-0.3, -0.25) is 4.79 Å². The summed E-state index contributed by atoms with van der Waals surface area (Å²) in [6.07, 6.45) is 6.48. The molecule has 0 aliphatic heterocycles. The van der Waals surface area contributed by atoms with E-state index >= 15 is 0 Å². The third-order valence-corrected chi connectivity index (χ3v) is 7.05. The van der Waals surface area contributed by atoms with Crippen LogP contribution in [0.1, 0.15) is 32.5 Å². The van der Waals surface area contributed by atoms with Crippen molar-refractivity contribution in [2.75, 3.05) is 0 Å². The molecule has 2 atom stereocenters. The van der Waals surface area contributed by atoms with Crippen molar-refractivity contribution in [3.63, 3.8) is 0 Å². The van der Waals surface area contributed by atoms with Crippen LogP contribution in [-0.2, 0) is 0 Å². The van der Waals surface area contributed by atoms with Crippen LogP contribution in [0.5, 0.6) is 0 Å². The lowest BCUT2D eigenvalue weighted by molar-refractivity contribution is -0.00127. The van der Waals surface area contributed by atoms with Crippen LogP contribution in [0.3, 0.4) is 0 Å². The molecule has 1 saturated carbocycles. The summed E-state index contributed by atoms with van der Waals surface area (Å²) < 4.78 is 2.37. The molecule has 3 aromatic rings. The molecule has 2 heterocycles. The van der Waals surface area contributed by atoms with Crippen LogP contribution in [0.2, 0.25) is 0 Å². The van der Waals surface area contributed by atoms with Crippen LogP contribution in [0.15, 0.2) is 44.2 Å². The predicted molar refractivity (Wildman–Crippen MR) is 112 cm³/mol. The zero-order valence-corrected chi connectivity index (χ0v) is 17.2. The van der Waals surface area contributed by atoms with Gasteiger partial charge in [-0.1, -0.05) is 35.9 Å². The van der Waals surface area contributed by atoms with Gasteiger partial charge in [-0.05, 0) is 60.8 Å². The molecule has 1 fully saturated rings. The molecule has 3 aliphatic rings. The minimum atomic E-state index is -0.164. The van der Waals surface area contributed by atoms with Gasteiger partial charge in [0.05, 0.1) is 6.21 Å². The van der Waals surface area contributed by atoms with Crippen molar-refractivity contribution in [1.82, 2.24) is 14.6 Å². The van der Waals surface area contributed by atoms with Crippen molar-refractivity contribution < 1.29 is 0 Å². The summed E-state index contributed by atoms with van der Waals surface area (Å²) in [6.45, 7) is 6.49. The summed E-state index contributed by atoms with van der Waals surface area (Å²) in [7, 11) is 0. The summed E-state index contributed by atoms with van der Waals surface area (Å²) in [5.41, 5.74) is 3.50. The minimum absolute atomic E-state index is 0.164. The number of aromatic amines is 1. The molecule has 0 unspecified atom stereocenters. The highest BCUT2D eigenvalue weighted by atomic mass is 79.9. The Morgan fingerprint density at radius 1 is 1.41 bits per heavy atom. The molecule has 1 N–H and O–H groups in total. The molecular weight excluding hydrogens is 404 g/mol. The topological polar surface area (TPSA) is 63.0 Å². The van der Waals surface area contributed by atoms with E-state index in [1.807, 2.05) is 31.3 Å². The second-order valence-electron chi connectivity index (χ2n) is 8.31. The average molecular weight is 425 g/mol. The van der Waals surface area contributed by atoms with E-state index in [2.05, 4.69) is 50.9 Å². The Labute approximate surface area is 165 Å². The van der Waals surface area contributed by atoms with Gasteiger partial charge in [-0.15, -0.1) is 0 Å². The fourth-order valence-electron chi connectivity index (χ4n) is 4.69. The van der Waals surface area contributed by atoms with Crippen LogP contribution in [0.25, 0.3) is 21.9 Å². The van der Waals surface area contributed by atoms with Gasteiger partial charge in [0.2, 0.25) is 0 Å². The number of halogens is 1. The number of benzene rings is 1. The zero-order chi connectivity index (χ0) is 18.9. The summed E-state index contributed by atoms with van der Waals surface area (Å²) in [5, 5.41) is 5.46. The van der Waals surface area contributed by atoms with Gasteiger partial charge >= 0.3 is 0 Å². The molecule has 6 heteroatoms. The standard InChI is InChI=1S/C21H21BrN4O/c1-11-24-18-15-9-14(22)6-7-17(15)25-19(18)20(27)26(11)23-10-12-4-5-13-8-16(12)21(13,2)3/h4,6-7,9-10,13,16,25H,5,8H2,1-3H3/b23-10-/t13-,16-/m1/s1. The van der Waals surface area contributed by atoms with Gasteiger partial charge in [0.1, 0.15) is 16.9 Å². The number of H-pyrrole nitrogens is 1. The largest absolute Gasteiger partial charge is 0.349 e. The highest BCUT2D eigenvalue weighted by Crippen LogP contribution is 2.58. The number of rotatable bonds is 2. The van der Waals surface area contributed by atoms with Crippen molar-refractivity contribution in [2.45, 2.75) is 33.6 Å². The molecular formula is C21H21BrN4O. The quantitative estimate of drug-likeness (QED) is 0.601. The van der Waals surface area contributed by atoms with Gasteiger partial charge in [0.15, 0.2) is 0 Å². The lowest BCUT2D eigenvalue weighted by Crippen LogP contribution is -2.48. The molecule has 0 spiro atoms. The Bertz CT molecular complexity index is 1210. The number of nitrogens with zero attached hydrogens (tertiary/aromatic N) is 3. The summed E-state index contributed by atoms with van der Waals surface area (Å²) in [5.74, 6) is 1.91. The first kappa shape index (κ1) is 16.9. The maximum absolute atomic E-state index is 13.0. The van der Waals surface area contributed by atoms with Gasteiger partial charge < -0.3 is 4.98 Å². The molecule has 0 saturated heterocycles. The number of hydrogen-bond acceptors (Lipinski definition) is 3. The third kappa shape index (κ3) is 2.39. The number of hydrogen-bond donors (Lipinski definition) is 1.